The first-order valence-corrected chi connectivity index (χ1v) is 4.56. The Bertz CT molecular complexity index is 250. The Hall–Kier alpha value is -0.310. The van der Waals surface area contributed by atoms with Crippen LogP contribution in [-0.4, -0.2) is 9.79 Å². The highest BCUT2D eigenvalue weighted by atomic mass is 35.5. The lowest BCUT2D eigenvalue weighted by Gasteiger charge is -1.85. The molecule has 1 aromatic carbocycles. The van der Waals surface area contributed by atoms with Gasteiger partial charge in [0.15, 0.2) is 0 Å². The predicted molar refractivity (Wildman–Crippen MR) is 64.5 cm³/mol. The second kappa shape index (κ2) is 12.7. The third kappa shape index (κ3) is 14.2. The number of hydrogen-bond acceptors (Lipinski definition) is 1. The fourth-order valence-corrected chi connectivity index (χ4v) is 0.589. The van der Waals surface area contributed by atoms with Crippen LogP contribution >= 0.6 is 33.1 Å². The molecule has 14 heavy (non-hydrogen) atoms. The third-order valence-corrected chi connectivity index (χ3v) is 1.04. The van der Waals surface area contributed by atoms with Crippen molar-refractivity contribution in [3.8, 4) is 0 Å². The van der Waals surface area contributed by atoms with Crippen molar-refractivity contribution in [1.82, 2.24) is 0 Å². The topological polar surface area (TPSA) is 57.5 Å². The van der Waals surface area contributed by atoms with E-state index in [4.69, 9.17) is 14.4 Å². The summed E-state index contributed by atoms with van der Waals surface area (Å²) in [5.41, 5.74) is 1.17. The smallest absolute Gasteiger partial charge is 0.314 e. The van der Waals surface area contributed by atoms with Gasteiger partial charge in [-0.05, 0) is 5.56 Å². The average molecular weight is 259 g/mol. The molecule has 0 bridgehead atoms. The van der Waals surface area contributed by atoms with Crippen molar-refractivity contribution in [2.75, 3.05) is 0 Å². The average Bonchev–Trinajstić information content (AvgIpc) is 2.05. The third-order valence-electron chi connectivity index (χ3n) is 1.04. The minimum Gasteiger partial charge on any atom is -0.326 e. The molecule has 0 aliphatic heterocycles. The zero-order valence-corrected chi connectivity index (χ0v) is 9.92. The van der Waals surface area contributed by atoms with E-state index in [0.717, 1.165) is 0 Å². The monoisotopic (exact) mass is 258 g/mol. The van der Waals surface area contributed by atoms with Crippen molar-refractivity contribution in [2.24, 2.45) is 0 Å². The summed E-state index contributed by atoms with van der Waals surface area (Å²) in [5, 5.41) is 0. The van der Waals surface area contributed by atoms with Crippen LogP contribution in [0, 0.1) is 0 Å². The Morgan fingerprint density at radius 1 is 1.14 bits per heavy atom. The molecular weight excluding hydrogens is 246 g/mol. The van der Waals surface area contributed by atoms with Gasteiger partial charge in [-0.3, -0.25) is 4.57 Å². The van der Waals surface area contributed by atoms with Crippen LogP contribution in [0.1, 0.15) is 5.56 Å². The molecule has 0 atom stereocenters. The molecule has 0 heterocycles. The lowest BCUT2D eigenvalue weighted by molar-refractivity contribution is 0.405. The van der Waals surface area contributed by atoms with E-state index in [1.54, 1.807) is 0 Å². The Balaban J connectivity index is -0.000000180. The van der Waals surface area contributed by atoms with E-state index in [1.807, 2.05) is 36.4 Å². The summed E-state index contributed by atoms with van der Waals surface area (Å²) in [6.45, 7) is 3.63. The van der Waals surface area contributed by atoms with Crippen LogP contribution in [-0.2, 0) is 4.57 Å². The zero-order valence-electron chi connectivity index (χ0n) is 7.29. The van der Waals surface area contributed by atoms with Gasteiger partial charge in [-0.25, -0.2) is 0 Å². The summed E-state index contributed by atoms with van der Waals surface area (Å²) in [6, 6.07) is 10.0. The highest BCUT2D eigenvalue weighted by molar-refractivity contribution is 7.30. The Morgan fingerprint density at radius 2 is 1.50 bits per heavy atom. The van der Waals surface area contributed by atoms with Crippen LogP contribution in [0.15, 0.2) is 36.9 Å². The highest BCUT2D eigenvalue weighted by Crippen LogP contribution is 1.98. The molecule has 2 N–H and O–H groups in total. The molecule has 0 saturated heterocycles. The van der Waals surface area contributed by atoms with Crippen molar-refractivity contribution in [2.45, 2.75) is 0 Å². The second-order valence-electron chi connectivity index (χ2n) is 1.90. The van der Waals surface area contributed by atoms with Gasteiger partial charge in [0.05, 0.1) is 0 Å². The van der Waals surface area contributed by atoms with E-state index in [1.165, 1.54) is 5.56 Å². The number of hydrogen-bond donors (Lipinski definition) is 2. The van der Waals surface area contributed by atoms with E-state index >= 15 is 0 Å². The number of rotatable bonds is 1. The van der Waals surface area contributed by atoms with Gasteiger partial charge < -0.3 is 9.79 Å². The summed E-state index contributed by atoms with van der Waals surface area (Å²) < 4.78 is 8.74. The van der Waals surface area contributed by atoms with E-state index in [-0.39, 0.29) is 24.8 Å². The Kier molecular flexibility index (Phi) is 17.5. The van der Waals surface area contributed by atoms with Gasteiger partial charge in [-0.1, -0.05) is 43.0 Å². The first kappa shape index (κ1) is 19.3. The predicted octanol–water partition coefficient (Wildman–Crippen LogP) is 2.53. The maximum atomic E-state index is 8.74. The summed E-state index contributed by atoms with van der Waals surface area (Å²) in [4.78, 5) is 14.3. The zero-order chi connectivity index (χ0) is 9.40. The highest BCUT2D eigenvalue weighted by Gasteiger charge is 1.75. The van der Waals surface area contributed by atoms with Crippen LogP contribution in [0.5, 0.6) is 0 Å². The summed E-state index contributed by atoms with van der Waals surface area (Å²) in [5.74, 6) is 0. The van der Waals surface area contributed by atoms with Crippen LogP contribution in [0.4, 0.5) is 0 Å². The molecule has 0 fully saturated rings. The van der Waals surface area contributed by atoms with E-state index < -0.39 is 8.25 Å². The molecule has 6 heteroatoms. The molecule has 0 aliphatic carbocycles. The number of halogens is 2. The maximum absolute atomic E-state index is 8.74. The summed E-state index contributed by atoms with van der Waals surface area (Å²) in [6.07, 6.45) is 1.83. The lowest BCUT2D eigenvalue weighted by Crippen LogP contribution is -1.63. The van der Waals surface area contributed by atoms with Crippen molar-refractivity contribution in [1.29, 1.82) is 0 Å². The molecule has 0 radical (unpaired) electrons. The molecular formula is C8H13Cl2O3P. The fourth-order valence-electron chi connectivity index (χ4n) is 0.589. The van der Waals surface area contributed by atoms with E-state index in [9.17, 15) is 0 Å². The first-order valence-electron chi connectivity index (χ1n) is 3.26. The van der Waals surface area contributed by atoms with Gasteiger partial charge in [-0.2, -0.15) is 0 Å². The quantitative estimate of drug-likeness (QED) is 0.762. The molecule has 0 spiro atoms. The van der Waals surface area contributed by atoms with Crippen LogP contribution in [0.3, 0.4) is 0 Å². The summed E-state index contributed by atoms with van der Waals surface area (Å²) in [7, 11) is -3.13. The van der Waals surface area contributed by atoms with Gasteiger partial charge in [0.2, 0.25) is 0 Å². The molecule has 82 valence electrons. The van der Waals surface area contributed by atoms with Gasteiger partial charge in [0.1, 0.15) is 0 Å². The Labute approximate surface area is 96.3 Å². The van der Waals surface area contributed by atoms with Crippen molar-refractivity contribution >= 4 is 39.1 Å². The standard InChI is InChI=1S/C8H8.2ClH.H3O3P/c1-2-8-6-4-3-5-7-8;;;1-4(2)3/h2-7H,1H2;2*1H;4H,(H2,1,2,3). The first-order chi connectivity index (χ1) is 5.66. The van der Waals surface area contributed by atoms with E-state index in [0.29, 0.717) is 0 Å². The van der Waals surface area contributed by atoms with Gasteiger partial charge >= 0.3 is 8.25 Å². The maximum Gasteiger partial charge on any atom is 0.314 e. The van der Waals surface area contributed by atoms with Crippen molar-refractivity contribution < 1.29 is 14.4 Å². The molecule has 0 amide bonds. The lowest BCUT2D eigenvalue weighted by atomic mass is 10.2. The van der Waals surface area contributed by atoms with Gasteiger partial charge in [-0.15, -0.1) is 24.8 Å². The minimum atomic E-state index is -3.13. The molecule has 1 rings (SSSR count). The second-order valence-corrected chi connectivity index (χ2v) is 2.46. The van der Waals surface area contributed by atoms with Crippen LogP contribution in [0.2, 0.25) is 0 Å². The largest absolute Gasteiger partial charge is 0.326 e. The van der Waals surface area contributed by atoms with E-state index in [2.05, 4.69) is 6.58 Å². The minimum absolute atomic E-state index is 0. The molecule has 0 aromatic heterocycles. The number of benzene rings is 1. The SMILES string of the molecule is C=Cc1ccccc1.Cl.Cl.O=[PH](O)O. The van der Waals surface area contributed by atoms with Crippen molar-refractivity contribution in [3.05, 3.63) is 42.5 Å². The van der Waals surface area contributed by atoms with Crippen LogP contribution < -0.4 is 0 Å². The molecule has 0 unspecified atom stereocenters. The van der Waals surface area contributed by atoms with Crippen molar-refractivity contribution in [3.63, 3.8) is 0 Å². The van der Waals surface area contributed by atoms with Gasteiger partial charge in [0.25, 0.3) is 0 Å². The molecule has 1 aromatic rings. The molecule has 3 nitrogen and oxygen atoms in total. The normalized spacial score (nSPS) is 7.36. The fraction of sp³-hybridized carbons (Fsp3) is 0. The van der Waals surface area contributed by atoms with Crippen LogP contribution in [0.25, 0.3) is 6.08 Å². The molecule has 0 saturated carbocycles. The summed E-state index contributed by atoms with van der Waals surface area (Å²) >= 11 is 0. The van der Waals surface area contributed by atoms with Gasteiger partial charge in [0, 0.05) is 0 Å². The molecule has 0 aliphatic rings. The Morgan fingerprint density at radius 3 is 1.71 bits per heavy atom.